The van der Waals surface area contributed by atoms with E-state index in [4.69, 9.17) is 0 Å². The van der Waals surface area contributed by atoms with Crippen LogP contribution in [0.3, 0.4) is 0 Å². The summed E-state index contributed by atoms with van der Waals surface area (Å²) in [6, 6.07) is 8.34. The highest BCUT2D eigenvalue weighted by atomic mass is 32.1. The Morgan fingerprint density at radius 1 is 1.25 bits per heavy atom. The summed E-state index contributed by atoms with van der Waals surface area (Å²) in [4.78, 5) is 30.0. The summed E-state index contributed by atoms with van der Waals surface area (Å²) in [6.07, 6.45) is 2.59. The van der Waals surface area contributed by atoms with Crippen molar-refractivity contribution >= 4 is 44.1 Å². The number of rotatable bonds is 2. The van der Waals surface area contributed by atoms with Gasteiger partial charge in [0, 0.05) is 28.5 Å². The third-order valence-electron chi connectivity index (χ3n) is 6.70. The Bertz CT molecular complexity index is 1460. The highest BCUT2D eigenvalue weighted by Gasteiger charge is 2.40. The molecular formula is C25H28N4O2S. The average molecular weight is 449 g/mol. The first-order valence-corrected chi connectivity index (χ1v) is 11.8. The first kappa shape index (κ1) is 20.9. The van der Waals surface area contributed by atoms with E-state index in [-0.39, 0.29) is 23.6 Å². The maximum absolute atomic E-state index is 13.6. The Morgan fingerprint density at radius 3 is 2.75 bits per heavy atom. The molecule has 0 unspecified atom stereocenters. The monoisotopic (exact) mass is 448 g/mol. The lowest BCUT2D eigenvalue weighted by atomic mass is 9.79. The van der Waals surface area contributed by atoms with Crippen molar-refractivity contribution in [3.8, 4) is 0 Å². The van der Waals surface area contributed by atoms with E-state index in [1.165, 1.54) is 20.7 Å². The second-order valence-corrected chi connectivity index (χ2v) is 11.0. The summed E-state index contributed by atoms with van der Waals surface area (Å²) in [5, 5.41) is 5.25. The molecular weight excluding hydrogens is 420 g/mol. The molecule has 1 aromatic carbocycles. The Balaban J connectivity index is 1.58. The molecule has 0 aliphatic carbocycles. The van der Waals surface area contributed by atoms with Gasteiger partial charge in [-0.2, -0.15) is 5.10 Å². The number of aromatic nitrogens is 3. The molecule has 32 heavy (non-hydrogen) atoms. The summed E-state index contributed by atoms with van der Waals surface area (Å²) >= 11 is 1.66. The number of carbonyl (C=O) groups is 1. The van der Waals surface area contributed by atoms with Crippen LogP contribution in [0.4, 0.5) is 5.69 Å². The van der Waals surface area contributed by atoms with Gasteiger partial charge >= 0.3 is 0 Å². The molecule has 3 aromatic heterocycles. The first-order valence-electron chi connectivity index (χ1n) is 11.0. The second kappa shape index (κ2) is 7.04. The number of hydrogen-bond donors (Lipinski definition) is 0. The van der Waals surface area contributed by atoms with Gasteiger partial charge in [0.15, 0.2) is 0 Å². The largest absolute Gasteiger partial charge is 0.338 e. The fourth-order valence-electron chi connectivity index (χ4n) is 5.36. The normalized spacial score (nSPS) is 17.8. The Morgan fingerprint density at radius 2 is 2.00 bits per heavy atom. The molecule has 0 saturated heterocycles. The minimum atomic E-state index is -0.350. The van der Waals surface area contributed by atoms with Gasteiger partial charge in [0.25, 0.3) is 5.56 Å². The quantitative estimate of drug-likeness (QED) is 0.439. The summed E-state index contributed by atoms with van der Waals surface area (Å²) in [7, 11) is 1.90. The van der Waals surface area contributed by atoms with E-state index >= 15 is 0 Å². The smallest absolute Gasteiger partial charge is 0.291 e. The summed E-state index contributed by atoms with van der Waals surface area (Å²) < 4.78 is 4.30. The van der Waals surface area contributed by atoms with Crippen molar-refractivity contribution in [3.05, 3.63) is 56.8 Å². The van der Waals surface area contributed by atoms with Gasteiger partial charge in [-0.25, -0.2) is 4.68 Å². The molecule has 0 bridgehead atoms. The Labute approximate surface area is 191 Å². The number of carbonyl (C=O) groups excluding carboxylic acids is 1. The molecule has 166 valence electrons. The maximum Gasteiger partial charge on any atom is 0.291 e. The van der Waals surface area contributed by atoms with Crippen LogP contribution in [0.15, 0.2) is 35.3 Å². The van der Waals surface area contributed by atoms with Crippen LogP contribution in [0.5, 0.6) is 0 Å². The topological polar surface area (TPSA) is 60.1 Å². The zero-order chi connectivity index (χ0) is 22.9. The van der Waals surface area contributed by atoms with Crippen LogP contribution in [0.2, 0.25) is 0 Å². The molecule has 0 N–H and O–H groups in total. The minimum absolute atomic E-state index is 0.0856. The van der Waals surface area contributed by atoms with Gasteiger partial charge in [-0.1, -0.05) is 24.6 Å². The zero-order valence-electron chi connectivity index (χ0n) is 19.4. The molecule has 0 spiro atoms. The van der Waals surface area contributed by atoms with Crippen molar-refractivity contribution in [3.63, 3.8) is 0 Å². The fourth-order valence-corrected chi connectivity index (χ4v) is 6.42. The lowest BCUT2D eigenvalue weighted by molar-refractivity contribution is -0.120. The third-order valence-corrected chi connectivity index (χ3v) is 7.77. The SMILES string of the molecule is Cc1ccc2c(c1)[C@H](C)CC(C)(C)N2C(=O)Cn1ncc2c3sc(C)cc3n(C)c2c1=O. The van der Waals surface area contributed by atoms with Gasteiger partial charge in [-0.05, 0) is 57.7 Å². The molecule has 7 heteroatoms. The van der Waals surface area contributed by atoms with Crippen LogP contribution in [0, 0.1) is 13.8 Å². The van der Waals surface area contributed by atoms with Crippen molar-refractivity contribution in [1.29, 1.82) is 0 Å². The van der Waals surface area contributed by atoms with Crippen LogP contribution in [0.1, 0.15) is 49.1 Å². The van der Waals surface area contributed by atoms with Gasteiger partial charge < -0.3 is 9.47 Å². The molecule has 1 aliphatic rings. The second-order valence-electron chi connectivity index (χ2n) is 9.71. The Kier molecular flexibility index (Phi) is 4.60. The van der Waals surface area contributed by atoms with E-state index in [0.717, 1.165) is 27.7 Å². The zero-order valence-corrected chi connectivity index (χ0v) is 20.2. The van der Waals surface area contributed by atoms with Crippen LogP contribution < -0.4 is 10.5 Å². The first-order chi connectivity index (χ1) is 15.1. The van der Waals surface area contributed by atoms with Crippen molar-refractivity contribution in [2.45, 2.75) is 59.0 Å². The van der Waals surface area contributed by atoms with Gasteiger partial charge in [-0.15, -0.1) is 11.3 Å². The van der Waals surface area contributed by atoms with E-state index in [1.54, 1.807) is 17.5 Å². The molecule has 5 rings (SSSR count). The van der Waals surface area contributed by atoms with Crippen molar-refractivity contribution in [2.75, 3.05) is 4.90 Å². The van der Waals surface area contributed by atoms with Gasteiger partial charge in [0.05, 0.1) is 16.4 Å². The van der Waals surface area contributed by atoms with E-state index in [9.17, 15) is 9.59 Å². The van der Waals surface area contributed by atoms with Gasteiger partial charge in [-0.3, -0.25) is 9.59 Å². The van der Waals surface area contributed by atoms with E-state index in [2.05, 4.69) is 51.9 Å². The molecule has 6 nitrogen and oxygen atoms in total. The number of fused-ring (bicyclic) bond motifs is 4. The number of nitrogens with zero attached hydrogens (tertiary/aromatic N) is 4. The number of amides is 1. The molecule has 4 heterocycles. The lowest BCUT2D eigenvalue weighted by Gasteiger charge is -2.46. The highest BCUT2D eigenvalue weighted by molar-refractivity contribution is 7.20. The van der Waals surface area contributed by atoms with Crippen LogP contribution in [-0.2, 0) is 18.4 Å². The third kappa shape index (κ3) is 3.02. The standard InChI is InChI=1S/C25H28N4O2S/c1-14-7-8-19-17(9-14)15(2)11-25(4,5)29(19)21(30)13-28-24(31)22-18(12-26-28)23-20(27(22)6)10-16(3)32-23/h7-10,12,15H,11,13H2,1-6H3/t15-/m1/s1. The molecule has 0 saturated carbocycles. The molecule has 0 fully saturated rings. The minimum Gasteiger partial charge on any atom is -0.338 e. The van der Waals surface area contributed by atoms with Crippen LogP contribution in [-0.4, -0.2) is 25.8 Å². The molecule has 1 amide bonds. The van der Waals surface area contributed by atoms with Crippen molar-refractivity contribution in [1.82, 2.24) is 14.3 Å². The number of anilines is 1. The van der Waals surface area contributed by atoms with Crippen molar-refractivity contribution in [2.24, 2.45) is 7.05 Å². The molecule has 1 aliphatic heterocycles. The predicted octanol–water partition coefficient (Wildman–Crippen LogP) is 4.89. The summed E-state index contributed by atoms with van der Waals surface area (Å²) in [6.45, 7) is 10.4. The lowest BCUT2D eigenvalue weighted by Crippen LogP contribution is -2.53. The number of aryl methyl sites for hydroxylation is 3. The van der Waals surface area contributed by atoms with Crippen LogP contribution in [0.25, 0.3) is 21.1 Å². The van der Waals surface area contributed by atoms with E-state index in [1.807, 2.05) is 28.6 Å². The average Bonchev–Trinajstić information content (AvgIpc) is 3.21. The van der Waals surface area contributed by atoms with Crippen LogP contribution >= 0.6 is 11.3 Å². The van der Waals surface area contributed by atoms with Gasteiger partial charge in [0.1, 0.15) is 12.1 Å². The summed E-state index contributed by atoms with van der Waals surface area (Å²) in [5.74, 6) is 0.244. The number of benzene rings is 1. The number of thiophene rings is 1. The molecule has 1 atom stereocenters. The van der Waals surface area contributed by atoms with Crippen molar-refractivity contribution < 1.29 is 4.79 Å². The van der Waals surface area contributed by atoms with Gasteiger partial charge in [0.2, 0.25) is 5.91 Å². The molecule has 4 aromatic rings. The predicted molar refractivity (Wildman–Crippen MR) is 131 cm³/mol. The fraction of sp³-hybridized carbons (Fsp3) is 0.400. The number of hydrogen-bond acceptors (Lipinski definition) is 4. The van der Waals surface area contributed by atoms with E-state index in [0.29, 0.717) is 11.4 Å². The Hall–Kier alpha value is -2.93. The maximum atomic E-state index is 13.6. The summed E-state index contributed by atoms with van der Waals surface area (Å²) in [5.41, 5.74) is 4.35. The molecule has 0 radical (unpaired) electrons. The highest BCUT2D eigenvalue weighted by Crippen LogP contribution is 2.43. The van der Waals surface area contributed by atoms with E-state index < -0.39 is 0 Å².